The van der Waals surface area contributed by atoms with Gasteiger partial charge < -0.3 is 10.0 Å². The zero-order valence-corrected chi connectivity index (χ0v) is 12.3. The number of carboxylic acid groups (broad SMARTS) is 1. The first-order valence-corrected chi connectivity index (χ1v) is 7.79. The number of thioether (sulfide) groups is 1. The van der Waals surface area contributed by atoms with E-state index in [4.69, 9.17) is 0 Å². The normalized spacial score (nSPS) is 20.8. The zero-order valence-electron chi connectivity index (χ0n) is 11.4. The third-order valence-corrected chi connectivity index (χ3v) is 4.48. The second kappa shape index (κ2) is 6.45. The number of hydrogen-bond donors (Lipinski definition) is 1. The van der Waals surface area contributed by atoms with E-state index < -0.39 is 11.4 Å². The van der Waals surface area contributed by atoms with Crippen molar-refractivity contribution in [1.82, 2.24) is 4.90 Å². The second-order valence-corrected chi connectivity index (χ2v) is 6.43. The summed E-state index contributed by atoms with van der Waals surface area (Å²) in [6, 6.07) is 0. The summed E-state index contributed by atoms with van der Waals surface area (Å²) < 4.78 is 0. The molecule has 1 saturated heterocycles. The molecule has 1 fully saturated rings. The van der Waals surface area contributed by atoms with Crippen LogP contribution in [0.2, 0.25) is 0 Å². The number of carbonyl (C=O) groups excluding carboxylic acids is 1. The minimum absolute atomic E-state index is 0.0574. The van der Waals surface area contributed by atoms with Crippen molar-refractivity contribution in [3.63, 3.8) is 0 Å². The maximum absolute atomic E-state index is 12.0. The van der Waals surface area contributed by atoms with Crippen molar-refractivity contribution in [2.24, 2.45) is 11.3 Å². The molecule has 0 aromatic heterocycles. The van der Waals surface area contributed by atoms with E-state index in [-0.39, 0.29) is 11.8 Å². The highest BCUT2D eigenvalue weighted by atomic mass is 32.2. The predicted molar refractivity (Wildman–Crippen MR) is 73.7 cm³/mol. The van der Waals surface area contributed by atoms with Gasteiger partial charge in [-0.3, -0.25) is 9.59 Å². The van der Waals surface area contributed by atoms with Crippen molar-refractivity contribution < 1.29 is 14.7 Å². The zero-order chi connectivity index (χ0) is 13.8. The van der Waals surface area contributed by atoms with E-state index in [0.29, 0.717) is 13.0 Å². The minimum Gasteiger partial charge on any atom is -0.481 e. The smallest absolute Gasteiger partial charge is 0.309 e. The summed E-state index contributed by atoms with van der Waals surface area (Å²) in [6.07, 6.45) is 4.35. The molecule has 1 aliphatic rings. The van der Waals surface area contributed by atoms with Gasteiger partial charge in [0, 0.05) is 25.3 Å². The molecular formula is C13H23NO3S. The Morgan fingerprint density at radius 2 is 2.11 bits per heavy atom. The van der Waals surface area contributed by atoms with Crippen LogP contribution >= 0.6 is 11.8 Å². The highest BCUT2D eigenvalue weighted by Gasteiger charge is 2.39. The van der Waals surface area contributed by atoms with Crippen LogP contribution in [0.5, 0.6) is 0 Å². The van der Waals surface area contributed by atoms with Crippen molar-refractivity contribution in [2.45, 2.75) is 33.1 Å². The summed E-state index contributed by atoms with van der Waals surface area (Å²) in [5.41, 5.74) is -0.752. The topological polar surface area (TPSA) is 57.6 Å². The number of rotatable bonds is 5. The molecule has 1 N–H and O–H groups in total. The molecule has 0 aliphatic carbocycles. The molecule has 1 rings (SSSR count). The second-order valence-electron chi connectivity index (χ2n) is 5.45. The maximum atomic E-state index is 12.0. The first-order chi connectivity index (χ1) is 8.39. The maximum Gasteiger partial charge on any atom is 0.309 e. The first kappa shape index (κ1) is 15.3. The summed E-state index contributed by atoms with van der Waals surface area (Å²) in [5.74, 6) is 0.283. The van der Waals surface area contributed by atoms with Crippen molar-refractivity contribution >= 4 is 23.6 Å². The van der Waals surface area contributed by atoms with Gasteiger partial charge >= 0.3 is 5.97 Å². The van der Waals surface area contributed by atoms with Gasteiger partial charge in [0.1, 0.15) is 0 Å². The van der Waals surface area contributed by atoms with Crippen molar-refractivity contribution in [3.8, 4) is 0 Å². The van der Waals surface area contributed by atoms with Crippen LogP contribution in [0.4, 0.5) is 0 Å². The fourth-order valence-electron chi connectivity index (χ4n) is 2.31. The Bertz CT molecular complexity index is 317. The molecule has 1 unspecified atom stereocenters. The molecule has 4 nitrogen and oxygen atoms in total. The lowest BCUT2D eigenvalue weighted by molar-refractivity contribution is -0.153. The Balaban J connectivity index is 2.61. The molecule has 0 radical (unpaired) electrons. The van der Waals surface area contributed by atoms with Gasteiger partial charge in [0.15, 0.2) is 0 Å². The van der Waals surface area contributed by atoms with Gasteiger partial charge in [-0.05, 0) is 38.9 Å². The number of hydrogen-bond acceptors (Lipinski definition) is 3. The quantitative estimate of drug-likeness (QED) is 0.833. The monoisotopic (exact) mass is 273 g/mol. The SMILES string of the molecule is CSCCC(=O)N1CCCC(C(C)(C)C(=O)O)C1. The highest BCUT2D eigenvalue weighted by Crippen LogP contribution is 2.34. The predicted octanol–water partition coefficient (Wildman–Crippen LogP) is 2.09. The molecule has 0 aromatic carbocycles. The van der Waals surface area contributed by atoms with E-state index in [0.717, 1.165) is 25.1 Å². The van der Waals surface area contributed by atoms with Crippen molar-refractivity contribution in [2.75, 3.05) is 25.1 Å². The molecule has 1 atom stereocenters. The Morgan fingerprint density at radius 3 is 2.67 bits per heavy atom. The Hall–Kier alpha value is -0.710. The van der Waals surface area contributed by atoms with Gasteiger partial charge in [0.25, 0.3) is 0 Å². The van der Waals surface area contributed by atoms with Gasteiger partial charge in [-0.2, -0.15) is 11.8 Å². The van der Waals surface area contributed by atoms with Gasteiger partial charge in [-0.25, -0.2) is 0 Å². The number of piperidine rings is 1. The molecule has 0 bridgehead atoms. The molecule has 1 heterocycles. The number of carbonyl (C=O) groups is 2. The van der Waals surface area contributed by atoms with Gasteiger partial charge in [0.05, 0.1) is 5.41 Å². The van der Waals surface area contributed by atoms with Crippen LogP contribution in [0.3, 0.4) is 0 Å². The Kier molecular flexibility index (Phi) is 5.50. The van der Waals surface area contributed by atoms with E-state index in [9.17, 15) is 14.7 Å². The van der Waals surface area contributed by atoms with Crippen LogP contribution in [-0.2, 0) is 9.59 Å². The molecule has 1 aliphatic heterocycles. The average Bonchev–Trinajstić information content (AvgIpc) is 2.35. The highest BCUT2D eigenvalue weighted by molar-refractivity contribution is 7.98. The first-order valence-electron chi connectivity index (χ1n) is 6.39. The van der Waals surface area contributed by atoms with E-state index in [1.807, 2.05) is 11.2 Å². The summed E-state index contributed by atoms with van der Waals surface area (Å²) in [7, 11) is 0. The third-order valence-electron chi connectivity index (χ3n) is 3.87. The van der Waals surface area contributed by atoms with Crippen LogP contribution in [0, 0.1) is 11.3 Å². The molecule has 5 heteroatoms. The average molecular weight is 273 g/mol. The van der Waals surface area contributed by atoms with Gasteiger partial charge in [-0.15, -0.1) is 0 Å². The molecule has 0 aromatic rings. The number of amides is 1. The molecular weight excluding hydrogens is 250 g/mol. The Labute approximate surface area is 113 Å². The van der Waals surface area contributed by atoms with E-state index in [1.165, 1.54) is 0 Å². The summed E-state index contributed by atoms with van der Waals surface area (Å²) >= 11 is 1.66. The van der Waals surface area contributed by atoms with Crippen LogP contribution < -0.4 is 0 Å². The lowest BCUT2D eigenvalue weighted by Crippen LogP contribution is -2.46. The van der Waals surface area contributed by atoms with Gasteiger partial charge in [0.2, 0.25) is 5.91 Å². The van der Waals surface area contributed by atoms with Crippen LogP contribution in [0.25, 0.3) is 0 Å². The summed E-state index contributed by atoms with van der Waals surface area (Å²) in [5, 5.41) is 9.25. The van der Waals surface area contributed by atoms with Crippen LogP contribution in [0.1, 0.15) is 33.1 Å². The molecule has 0 saturated carbocycles. The lowest BCUT2D eigenvalue weighted by atomic mass is 9.74. The number of likely N-dealkylation sites (tertiary alicyclic amines) is 1. The van der Waals surface area contributed by atoms with Gasteiger partial charge in [-0.1, -0.05) is 0 Å². The Morgan fingerprint density at radius 1 is 1.44 bits per heavy atom. The molecule has 18 heavy (non-hydrogen) atoms. The number of nitrogens with zero attached hydrogens (tertiary/aromatic N) is 1. The van der Waals surface area contributed by atoms with E-state index in [2.05, 4.69) is 0 Å². The molecule has 1 amide bonds. The van der Waals surface area contributed by atoms with Crippen LogP contribution in [-0.4, -0.2) is 47.0 Å². The summed E-state index contributed by atoms with van der Waals surface area (Å²) in [6.45, 7) is 4.89. The van der Waals surface area contributed by atoms with E-state index >= 15 is 0 Å². The number of carboxylic acids is 1. The number of aliphatic carboxylic acids is 1. The van der Waals surface area contributed by atoms with Crippen molar-refractivity contribution in [3.05, 3.63) is 0 Å². The van der Waals surface area contributed by atoms with E-state index in [1.54, 1.807) is 25.6 Å². The van der Waals surface area contributed by atoms with Crippen LogP contribution in [0.15, 0.2) is 0 Å². The summed E-state index contributed by atoms with van der Waals surface area (Å²) in [4.78, 5) is 25.1. The largest absolute Gasteiger partial charge is 0.481 e. The molecule has 0 spiro atoms. The third kappa shape index (κ3) is 3.64. The minimum atomic E-state index is -0.772. The standard InChI is InChI=1S/C13H23NO3S/c1-13(2,12(16)17)10-5-4-7-14(9-10)11(15)6-8-18-3/h10H,4-9H2,1-3H3,(H,16,17). The lowest BCUT2D eigenvalue weighted by Gasteiger charge is -2.39. The van der Waals surface area contributed by atoms with Crippen molar-refractivity contribution in [1.29, 1.82) is 0 Å². The fraction of sp³-hybridized carbons (Fsp3) is 0.846. The molecule has 104 valence electrons. The fourth-order valence-corrected chi connectivity index (χ4v) is 2.69.